The molecule has 0 saturated heterocycles. The Hall–Kier alpha value is -1.81. The summed E-state index contributed by atoms with van der Waals surface area (Å²) in [4.78, 5) is 0. The second-order valence-corrected chi connectivity index (χ2v) is 5.30. The zero-order chi connectivity index (χ0) is 14.1. The van der Waals surface area contributed by atoms with Gasteiger partial charge in [-0.05, 0) is 56.0 Å². The van der Waals surface area contributed by atoms with Crippen LogP contribution in [0.1, 0.15) is 42.0 Å². The lowest BCUT2D eigenvalue weighted by Crippen LogP contribution is -2.06. The molecule has 20 heavy (non-hydrogen) atoms. The molecule has 1 aliphatic rings. The summed E-state index contributed by atoms with van der Waals surface area (Å²) < 4.78 is 7.83. The Labute approximate surface area is 119 Å². The third kappa shape index (κ3) is 2.43. The van der Waals surface area contributed by atoms with Gasteiger partial charge in [-0.1, -0.05) is 6.07 Å². The van der Waals surface area contributed by atoms with Crippen LogP contribution in [0.2, 0.25) is 0 Å². The quantitative estimate of drug-likeness (QED) is 0.931. The lowest BCUT2D eigenvalue weighted by molar-refractivity contribution is 0.180. The van der Waals surface area contributed by atoms with Crippen LogP contribution in [0.3, 0.4) is 0 Å². The highest BCUT2D eigenvalue weighted by Gasteiger charge is 2.20. The van der Waals surface area contributed by atoms with E-state index in [1.807, 2.05) is 29.8 Å². The summed E-state index contributed by atoms with van der Waals surface area (Å²) in [6, 6.07) is 8.02. The molecular formula is C16H20N2O2. The molecule has 1 aliphatic carbocycles. The molecule has 3 rings (SSSR count). The topological polar surface area (TPSA) is 47.3 Å². The van der Waals surface area contributed by atoms with Crippen molar-refractivity contribution in [3.63, 3.8) is 0 Å². The van der Waals surface area contributed by atoms with E-state index in [0.717, 1.165) is 42.1 Å². The molecule has 1 N–H and O–H groups in total. The van der Waals surface area contributed by atoms with Gasteiger partial charge in [0.15, 0.2) is 0 Å². The molecule has 0 spiro atoms. The summed E-state index contributed by atoms with van der Waals surface area (Å²) in [7, 11) is 0. The van der Waals surface area contributed by atoms with Crippen LogP contribution in [0.4, 0.5) is 0 Å². The van der Waals surface area contributed by atoms with Crippen LogP contribution in [-0.4, -0.2) is 14.9 Å². The second kappa shape index (κ2) is 5.29. The summed E-state index contributed by atoms with van der Waals surface area (Å²) in [6.07, 6.45) is 1.45. The molecule has 4 heteroatoms. The Morgan fingerprint density at radius 3 is 3.05 bits per heavy atom. The van der Waals surface area contributed by atoms with Gasteiger partial charge in [0.25, 0.3) is 0 Å². The molecule has 0 bridgehead atoms. The van der Waals surface area contributed by atoms with Crippen molar-refractivity contribution < 1.29 is 9.84 Å². The number of aryl methyl sites for hydroxylation is 3. The van der Waals surface area contributed by atoms with Crippen LogP contribution < -0.4 is 4.74 Å². The van der Waals surface area contributed by atoms with Gasteiger partial charge in [-0.25, -0.2) is 0 Å². The van der Waals surface area contributed by atoms with E-state index < -0.39 is 0 Å². The van der Waals surface area contributed by atoms with E-state index in [4.69, 9.17) is 4.74 Å². The maximum atomic E-state index is 9.80. The second-order valence-electron chi connectivity index (χ2n) is 5.30. The molecule has 1 atom stereocenters. The molecule has 0 aliphatic heterocycles. The predicted molar refractivity (Wildman–Crippen MR) is 76.7 cm³/mol. The Morgan fingerprint density at radius 2 is 2.25 bits per heavy atom. The van der Waals surface area contributed by atoms with Crippen molar-refractivity contribution in [2.75, 3.05) is 0 Å². The molecule has 1 aromatic carbocycles. The van der Waals surface area contributed by atoms with Crippen molar-refractivity contribution in [3.8, 4) is 5.75 Å². The highest BCUT2D eigenvalue weighted by molar-refractivity contribution is 5.39. The van der Waals surface area contributed by atoms with Crippen molar-refractivity contribution in [1.82, 2.24) is 9.78 Å². The number of nitrogens with zero attached hydrogens (tertiary/aromatic N) is 2. The first-order chi connectivity index (χ1) is 9.67. The summed E-state index contributed by atoms with van der Waals surface area (Å²) >= 11 is 0. The average molecular weight is 272 g/mol. The summed E-state index contributed by atoms with van der Waals surface area (Å²) in [5.74, 6) is 0.861. The largest absolute Gasteiger partial charge is 0.487 e. The van der Waals surface area contributed by atoms with Gasteiger partial charge < -0.3 is 9.84 Å². The fourth-order valence-corrected chi connectivity index (χ4v) is 2.81. The zero-order valence-corrected chi connectivity index (χ0v) is 12.0. The minimum atomic E-state index is -0.303. The summed E-state index contributed by atoms with van der Waals surface area (Å²) in [5, 5.41) is 14.2. The van der Waals surface area contributed by atoms with E-state index in [-0.39, 0.29) is 6.10 Å². The van der Waals surface area contributed by atoms with Crippen molar-refractivity contribution in [1.29, 1.82) is 0 Å². The highest BCUT2D eigenvalue weighted by atomic mass is 16.5. The molecule has 2 aromatic rings. The SMILES string of the molecule is CCn1nc(C)cc1COc1ccc2c(c1)CC[C@@H]2O. The highest BCUT2D eigenvalue weighted by Crippen LogP contribution is 2.33. The standard InChI is InChI=1S/C16H20N2O2/c1-3-18-13(8-11(2)17-18)10-20-14-5-6-15-12(9-14)4-7-16(15)19/h5-6,8-9,16,19H,3-4,7,10H2,1-2H3/t16-/m0/s1. The number of fused-ring (bicyclic) bond motifs is 1. The van der Waals surface area contributed by atoms with E-state index in [2.05, 4.69) is 18.1 Å². The minimum absolute atomic E-state index is 0.303. The average Bonchev–Trinajstić information content (AvgIpc) is 2.99. The maximum absolute atomic E-state index is 9.80. The Balaban J connectivity index is 1.72. The normalized spacial score (nSPS) is 17.2. The van der Waals surface area contributed by atoms with Crippen LogP contribution in [0, 0.1) is 6.92 Å². The van der Waals surface area contributed by atoms with Crippen molar-refractivity contribution >= 4 is 0 Å². The van der Waals surface area contributed by atoms with Crippen molar-refractivity contribution in [2.24, 2.45) is 0 Å². The molecule has 0 fully saturated rings. The Morgan fingerprint density at radius 1 is 1.40 bits per heavy atom. The molecule has 0 unspecified atom stereocenters. The van der Waals surface area contributed by atoms with Gasteiger partial charge in [-0.15, -0.1) is 0 Å². The number of aromatic nitrogens is 2. The number of aliphatic hydroxyl groups excluding tert-OH is 1. The third-order valence-electron chi connectivity index (χ3n) is 3.83. The molecule has 106 valence electrons. The van der Waals surface area contributed by atoms with E-state index in [0.29, 0.717) is 6.61 Å². The number of ether oxygens (including phenoxy) is 1. The van der Waals surface area contributed by atoms with Crippen LogP contribution in [0.5, 0.6) is 5.75 Å². The van der Waals surface area contributed by atoms with E-state index in [1.165, 1.54) is 5.56 Å². The van der Waals surface area contributed by atoms with Gasteiger partial charge >= 0.3 is 0 Å². The minimum Gasteiger partial charge on any atom is -0.487 e. The maximum Gasteiger partial charge on any atom is 0.130 e. The number of hydrogen-bond donors (Lipinski definition) is 1. The smallest absolute Gasteiger partial charge is 0.130 e. The predicted octanol–water partition coefficient (Wildman–Crippen LogP) is 2.77. The molecule has 1 aromatic heterocycles. The molecule has 0 saturated carbocycles. The van der Waals surface area contributed by atoms with E-state index in [1.54, 1.807) is 0 Å². The lowest BCUT2D eigenvalue weighted by Gasteiger charge is -2.10. The first-order valence-corrected chi connectivity index (χ1v) is 7.14. The van der Waals surface area contributed by atoms with Gasteiger partial charge in [0.2, 0.25) is 0 Å². The lowest BCUT2D eigenvalue weighted by atomic mass is 10.1. The van der Waals surface area contributed by atoms with E-state index in [9.17, 15) is 5.11 Å². The van der Waals surface area contributed by atoms with E-state index >= 15 is 0 Å². The van der Waals surface area contributed by atoms with Gasteiger partial charge in [0.1, 0.15) is 12.4 Å². The Kier molecular flexibility index (Phi) is 3.49. The first-order valence-electron chi connectivity index (χ1n) is 7.14. The van der Waals surface area contributed by atoms with Gasteiger partial charge in [0, 0.05) is 6.54 Å². The van der Waals surface area contributed by atoms with Crippen LogP contribution in [0.15, 0.2) is 24.3 Å². The van der Waals surface area contributed by atoms with Gasteiger partial charge in [0.05, 0.1) is 17.5 Å². The molecule has 0 amide bonds. The Bertz CT molecular complexity index is 619. The third-order valence-corrected chi connectivity index (χ3v) is 3.83. The zero-order valence-electron chi connectivity index (χ0n) is 12.0. The van der Waals surface area contributed by atoms with Crippen LogP contribution in [-0.2, 0) is 19.6 Å². The fourth-order valence-electron chi connectivity index (χ4n) is 2.81. The molecular weight excluding hydrogens is 252 g/mol. The fraction of sp³-hybridized carbons (Fsp3) is 0.438. The number of benzene rings is 1. The monoisotopic (exact) mass is 272 g/mol. The van der Waals surface area contributed by atoms with Crippen molar-refractivity contribution in [2.45, 2.75) is 45.9 Å². The number of hydrogen-bond acceptors (Lipinski definition) is 3. The van der Waals surface area contributed by atoms with Crippen LogP contribution in [0.25, 0.3) is 0 Å². The van der Waals surface area contributed by atoms with Crippen LogP contribution >= 0.6 is 0 Å². The summed E-state index contributed by atoms with van der Waals surface area (Å²) in [5.41, 5.74) is 4.36. The van der Waals surface area contributed by atoms with Gasteiger partial charge in [-0.2, -0.15) is 5.10 Å². The number of rotatable bonds is 4. The van der Waals surface area contributed by atoms with Crippen molar-refractivity contribution in [3.05, 3.63) is 46.8 Å². The van der Waals surface area contributed by atoms with Gasteiger partial charge in [-0.3, -0.25) is 4.68 Å². The summed E-state index contributed by atoms with van der Waals surface area (Å²) in [6.45, 7) is 5.44. The number of aliphatic hydroxyl groups is 1. The first kappa shape index (κ1) is 13.2. The molecule has 4 nitrogen and oxygen atoms in total. The molecule has 1 heterocycles. The molecule has 0 radical (unpaired) electrons.